The molecule has 0 aliphatic carbocycles. The van der Waals surface area contributed by atoms with Crippen LogP contribution in [0.15, 0.2) is 37.5 Å². The Morgan fingerprint density at radius 3 is 1.00 bits per heavy atom. The third-order valence-corrected chi connectivity index (χ3v) is 0.272. The number of hydrogen-bond acceptors (Lipinski definition) is 1. The van der Waals surface area contributed by atoms with Crippen LogP contribution >= 0.6 is 0 Å². The maximum Gasteiger partial charge on any atom is 3.00 e. The minimum Gasteiger partial charge on any atom is -0.545 e. The number of allylic oxidation sites excluding steroid dienone is 4. The molecule has 0 atom stereocenters. The van der Waals surface area contributed by atoms with Gasteiger partial charge in [0.25, 0.3) is 0 Å². The smallest absolute Gasteiger partial charge is 0.545 e. The molecule has 0 unspecified atom stereocenters. The Kier molecular flexibility index (Phi) is 122. The average Bonchev–Trinajstić information content (AvgIpc) is 2.08. The molecule has 0 aliphatic heterocycles. The largest absolute Gasteiger partial charge is 3.00 e. The van der Waals surface area contributed by atoms with Crippen LogP contribution in [0.2, 0.25) is 0 Å². The first-order valence-corrected chi connectivity index (χ1v) is 2.39. The predicted molar refractivity (Wildman–Crippen MR) is 44.9 cm³/mol. The van der Waals surface area contributed by atoms with Crippen molar-refractivity contribution in [2.75, 3.05) is 0 Å². The molecule has 0 aromatic carbocycles. The van der Waals surface area contributed by atoms with Crippen molar-refractivity contribution in [2.24, 2.45) is 0 Å². The molecule has 0 rings (SSSR count). The maximum atomic E-state index is 7.75. The van der Waals surface area contributed by atoms with E-state index >= 15 is 0 Å². The van der Waals surface area contributed by atoms with Gasteiger partial charge in [0.15, 0.2) is 0 Å². The molecule has 0 amide bonds. The van der Waals surface area contributed by atoms with Crippen LogP contribution in [0.1, 0.15) is 0 Å². The van der Waals surface area contributed by atoms with Crippen LogP contribution < -0.4 is 0 Å². The van der Waals surface area contributed by atoms with Gasteiger partial charge in [0.1, 0.15) is 0 Å². The molecule has 61 valence electrons. The summed E-state index contributed by atoms with van der Waals surface area (Å²) in [5, 5.41) is 0. The Morgan fingerprint density at radius 2 is 1.00 bits per heavy atom. The van der Waals surface area contributed by atoms with Gasteiger partial charge in [-0.05, 0) is 0 Å². The number of hydrogen-bond donors (Lipinski definition) is 0. The van der Waals surface area contributed by atoms with Crippen molar-refractivity contribution in [3.8, 4) is 0 Å². The second kappa shape index (κ2) is 59.6. The normalized spacial score (nSPS) is 4.00. The summed E-state index contributed by atoms with van der Waals surface area (Å²) in [5.41, 5.74) is 0. The van der Waals surface area contributed by atoms with Crippen LogP contribution in [0.25, 0.3) is 0 Å². The second-order valence-corrected chi connectivity index (χ2v) is 0.856. The van der Waals surface area contributed by atoms with Gasteiger partial charge in [0.05, 0.1) is 0 Å². The van der Waals surface area contributed by atoms with Crippen LogP contribution in [0.3, 0.4) is 0 Å². The van der Waals surface area contributed by atoms with Gasteiger partial charge in [0, 0.05) is 0 Å². The van der Waals surface area contributed by atoms with E-state index in [2.05, 4.69) is 19.9 Å². The van der Waals surface area contributed by atoms with Crippen molar-refractivity contribution in [2.45, 2.75) is 0 Å². The topological polar surface area (TPSA) is 17.1 Å². The van der Waals surface area contributed by atoms with E-state index in [1.807, 2.05) is 0 Å². The molecule has 0 aromatic heterocycles. The molecule has 0 aliphatic rings. The molecule has 0 heterocycles. The Balaban J connectivity index is -0.0000000339. The van der Waals surface area contributed by atoms with Crippen molar-refractivity contribution in [3.63, 3.8) is 0 Å². The van der Waals surface area contributed by atoms with Crippen LogP contribution in [-0.2, 0) is 24.3 Å². The van der Waals surface area contributed by atoms with Crippen molar-refractivity contribution < 1.29 is 24.3 Å². The zero-order valence-corrected chi connectivity index (χ0v) is 7.96. The first-order chi connectivity index (χ1) is 4.83. The molecule has 2 heteroatoms. The monoisotopic (exact) mass is 237 g/mol. The fourth-order valence-corrected chi connectivity index (χ4v) is 0. The van der Waals surface area contributed by atoms with Gasteiger partial charge < -0.3 is 4.79 Å². The summed E-state index contributed by atoms with van der Waals surface area (Å²) in [7, 11) is 0. The predicted octanol–water partition coefficient (Wildman–Crippen LogP) is 2.05. The van der Waals surface area contributed by atoms with E-state index in [1.165, 1.54) is 24.3 Å². The standard InChI is InChI=1S/2C4H5.CHO.Ru/c2*1-3-4-2;1-2;/h2*1,3-4H,2H2;1H;/q3*-1;+3. The zero-order chi connectivity index (χ0) is 8.83. The molecule has 1 nitrogen and oxygen atoms in total. The molecule has 0 aromatic rings. The van der Waals surface area contributed by atoms with E-state index in [0.717, 1.165) is 0 Å². The zero-order valence-electron chi connectivity index (χ0n) is 6.22. The van der Waals surface area contributed by atoms with E-state index < -0.39 is 0 Å². The summed E-state index contributed by atoms with van der Waals surface area (Å²) in [5.74, 6) is 0. The third-order valence-electron chi connectivity index (χ3n) is 0.272. The molecule has 0 fully saturated rings. The van der Waals surface area contributed by atoms with Gasteiger partial charge in [-0.2, -0.15) is 13.2 Å². The summed E-state index contributed by atoms with van der Waals surface area (Å²) in [6, 6.07) is 0. The Morgan fingerprint density at radius 1 is 0.909 bits per heavy atom. The minimum absolute atomic E-state index is 0. The van der Waals surface area contributed by atoms with Gasteiger partial charge in [0.2, 0.25) is 0 Å². The van der Waals surface area contributed by atoms with E-state index in [9.17, 15) is 0 Å². The Labute approximate surface area is 82.0 Å². The van der Waals surface area contributed by atoms with Gasteiger partial charge in [-0.25, -0.2) is 24.3 Å². The van der Waals surface area contributed by atoms with Gasteiger partial charge in [-0.3, -0.25) is 19.9 Å². The van der Waals surface area contributed by atoms with Crippen LogP contribution in [-0.4, -0.2) is 6.79 Å². The van der Waals surface area contributed by atoms with Crippen LogP contribution in [0.5, 0.6) is 0 Å². The fraction of sp³-hybridized carbons (Fsp3) is 0. The van der Waals surface area contributed by atoms with Gasteiger partial charge >= 0.3 is 19.5 Å². The molecule has 0 spiro atoms. The van der Waals surface area contributed by atoms with Crippen molar-refractivity contribution in [1.29, 1.82) is 0 Å². The number of carbonyl (C=O) groups excluding carboxylic acids is 1. The molecule has 11 heavy (non-hydrogen) atoms. The summed E-state index contributed by atoms with van der Waals surface area (Å²) in [4.78, 5) is 7.75. The quantitative estimate of drug-likeness (QED) is 0.310. The molecular formula is C9H11ORu. The Bertz CT molecular complexity index is 73.7. The van der Waals surface area contributed by atoms with E-state index in [-0.39, 0.29) is 19.5 Å². The molecule has 0 saturated heterocycles. The molecule has 1 radical (unpaired) electrons. The first kappa shape index (κ1) is 22.5. The molecule has 0 N–H and O–H groups in total. The molecule has 0 bridgehead atoms. The van der Waals surface area contributed by atoms with E-state index in [4.69, 9.17) is 18.0 Å². The minimum atomic E-state index is 0. The van der Waals surface area contributed by atoms with Crippen molar-refractivity contribution in [1.82, 2.24) is 0 Å². The van der Waals surface area contributed by atoms with Crippen molar-refractivity contribution >= 4 is 6.79 Å². The third kappa shape index (κ3) is 310. The van der Waals surface area contributed by atoms with Crippen molar-refractivity contribution in [3.05, 3.63) is 50.6 Å². The fourth-order valence-electron chi connectivity index (χ4n) is 0. The molecule has 0 saturated carbocycles. The average molecular weight is 236 g/mol. The Hall–Kier alpha value is -0.747. The first-order valence-electron chi connectivity index (χ1n) is 2.39. The maximum absolute atomic E-state index is 7.75. The summed E-state index contributed by atoms with van der Waals surface area (Å²) in [6.45, 7) is 19.4. The van der Waals surface area contributed by atoms with Crippen LogP contribution in [0, 0.1) is 13.2 Å². The van der Waals surface area contributed by atoms with Gasteiger partial charge in [-0.1, -0.05) is 0 Å². The molecular weight excluding hydrogens is 225 g/mol. The summed E-state index contributed by atoms with van der Waals surface area (Å²) < 4.78 is 0. The van der Waals surface area contributed by atoms with E-state index in [0.29, 0.717) is 0 Å². The summed E-state index contributed by atoms with van der Waals surface area (Å²) >= 11 is 0. The second-order valence-electron chi connectivity index (χ2n) is 0.856. The number of rotatable bonds is 2. The van der Waals surface area contributed by atoms with Crippen LogP contribution in [0.4, 0.5) is 0 Å². The van der Waals surface area contributed by atoms with Gasteiger partial charge in [-0.15, -0.1) is 0 Å². The summed E-state index contributed by atoms with van der Waals surface area (Å²) in [6.07, 6.45) is 5.83. The van der Waals surface area contributed by atoms with E-state index in [1.54, 1.807) is 0 Å². The SMILES string of the molecule is [CH-]=CC=C.[CH-]=CC=C.[CH-]=O.[Ru+3].